The molecule has 3 nitrogen and oxygen atoms in total. The van der Waals surface area contributed by atoms with Crippen molar-refractivity contribution < 1.29 is 4.42 Å². The van der Waals surface area contributed by atoms with Gasteiger partial charge in [0.05, 0.1) is 21.9 Å². The lowest BCUT2D eigenvalue weighted by molar-refractivity contribution is 0.590. The average molecular weight is 793 g/mol. The van der Waals surface area contributed by atoms with E-state index in [1.54, 1.807) is 0 Å². The van der Waals surface area contributed by atoms with Crippen LogP contribution < -0.4 is 16.4 Å². The highest BCUT2D eigenvalue weighted by atomic mass is 16.3. The molecule has 2 aliphatic rings. The zero-order chi connectivity index (χ0) is 42.3. The second kappa shape index (κ2) is 11.7. The highest BCUT2D eigenvalue weighted by Crippen LogP contribution is 2.46. The van der Waals surface area contributed by atoms with Gasteiger partial charge in [-0.2, -0.15) is 0 Å². The maximum Gasteiger partial charge on any atom is 0.247 e. The number of benzene rings is 7. The second-order valence-corrected chi connectivity index (χ2v) is 21.8. The molecule has 0 unspecified atom stereocenters. The Morgan fingerprint density at radius 1 is 0.475 bits per heavy atom. The standard InChI is InChI=1S/C57H53BN2O/c1-54(2,3)32-19-22-35(23-20-32)59-47-31-42-43(30-39(47)36-24-26-49-50(53(36)59)37-15-12-13-18-48(37)61-49)58-44-29-34(56(7,8)9)28-40-38-27-33(55(4,5)6)21-25-45(38)60(52(40)44)46-17-14-16-41(51(46)58)57(42,10)11/h12-31H,1-11H3. The van der Waals surface area contributed by atoms with E-state index in [0.29, 0.717) is 0 Å². The first-order chi connectivity index (χ1) is 28.9. The van der Waals surface area contributed by atoms with Gasteiger partial charge in [-0.25, -0.2) is 0 Å². The summed E-state index contributed by atoms with van der Waals surface area (Å²) in [5.41, 5.74) is 20.4. The van der Waals surface area contributed by atoms with Gasteiger partial charge in [0.1, 0.15) is 11.2 Å². The Hall–Kier alpha value is -6.00. The van der Waals surface area contributed by atoms with Crippen LogP contribution in [0.4, 0.5) is 0 Å². The predicted octanol–water partition coefficient (Wildman–Crippen LogP) is 13.1. The molecule has 2 aliphatic heterocycles. The molecule has 300 valence electrons. The van der Waals surface area contributed by atoms with Crippen LogP contribution in [0.25, 0.3) is 76.9 Å². The van der Waals surface area contributed by atoms with Crippen LogP contribution in [0, 0.1) is 0 Å². The molecule has 0 amide bonds. The molecule has 0 radical (unpaired) electrons. The minimum Gasteiger partial charge on any atom is -0.456 e. The van der Waals surface area contributed by atoms with Crippen molar-refractivity contribution >= 4 is 88.7 Å². The molecular formula is C57H53BN2O. The summed E-state index contributed by atoms with van der Waals surface area (Å²) in [6.45, 7) is 26.0. The summed E-state index contributed by atoms with van der Waals surface area (Å²) in [7, 11) is 0. The summed E-state index contributed by atoms with van der Waals surface area (Å²) in [5.74, 6) is 0. The Balaban J connectivity index is 1.24. The molecule has 0 fully saturated rings. The molecule has 61 heavy (non-hydrogen) atoms. The first kappa shape index (κ1) is 36.8. The van der Waals surface area contributed by atoms with E-state index < -0.39 is 0 Å². The minimum absolute atomic E-state index is 0.0318. The van der Waals surface area contributed by atoms with Gasteiger partial charge in [-0.15, -0.1) is 0 Å². The molecule has 0 aliphatic carbocycles. The lowest BCUT2D eigenvalue weighted by atomic mass is 9.30. The van der Waals surface area contributed by atoms with Crippen LogP contribution in [0.15, 0.2) is 126 Å². The molecule has 0 spiro atoms. The molecular weight excluding hydrogens is 739 g/mol. The number of furan rings is 1. The molecule has 7 aromatic carbocycles. The molecule has 4 heteroatoms. The van der Waals surface area contributed by atoms with Gasteiger partial charge >= 0.3 is 0 Å². The van der Waals surface area contributed by atoms with Gasteiger partial charge in [0.25, 0.3) is 0 Å². The fourth-order valence-electron chi connectivity index (χ4n) is 11.3. The summed E-state index contributed by atoms with van der Waals surface area (Å²) in [4.78, 5) is 0. The first-order valence-corrected chi connectivity index (χ1v) is 22.2. The van der Waals surface area contributed by atoms with Gasteiger partial charge in [0.2, 0.25) is 6.71 Å². The van der Waals surface area contributed by atoms with Crippen molar-refractivity contribution in [3.63, 3.8) is 0 Å². The summed E-state index contributed by atoms with van der Waals surface area (Å²) in [6, 6.07) is 46.9. The van der Waals surface area contributed by atoms with Gasteiger partial charge in [-0.05, 0) is 116 Å². The number of fused-ring (bicyclic) bond motifs is 14. The number of hydrogen-bond donors (Lipinski definition) is 0. The number of nitrogens with zero attached hydrogens (tertiary/aromatic N) is 2. The van der Waals surface area contributed by atoms with E-state index in [9.17, 15) is 0 Å². The molecule has 0 N–H and O–H groups in total. The molecule has 5 heterocycles. The van der Waals surface area contributed by atoms with Crippen molar-refractivity contribution in [2.24, 2.45) is 0 Å². The fraction of sp³-hybridized carbons (Fsp3) is 0.263. The normalized spacial score (nSPS) is 14.9. The van der Waals surface area contributed by atoms with Crippen LogP contribution in [0.2, 0.25) is 0 Å². The van der Waals surface area contributed by atoms with E-state index in [1.807, 2.05) is 0 Å². The third-order valence-electron chi connectivity index (χ3n) is 14.6. The van der Waals surface area contributed by atoms with Gasteiger partial charge in [0.15, 0.2) is 0 Å². The van der Waals surface area contributed by atoms with Crippen molar-refractivity contribution in [1.82, 2.24) is 9.13 Å². The van der Waals surface area contributed by atoms with Crippen LogP contribution in [0.3, 0.4) is 0 Å². The lowest BCUT2D eigenvalue weighted by Crippen LogP contribution is -2.63. The van der Waals surface area contributed by atoms with E-state index in [4.69, 9.17) is 4.42 Å². The van der Waals surface area contributed by atoms with Crippen molar-refractivity contribution in [3.05, 3.63) is 149 Å². The second-order valence-electron chi connectivity index (χ2n) is 21.8. The molecule has 0 bridgehead atoms. The van der Waals surface area contributed by atoms with Gasteiger partial charge in [-0.1, -0.05) is 142 Å². The SMILES string of the molecule is CC(C)(C)c1ccc(-n2c3cc4c(cc3c3ccc5oc6ccccc6c5c32)B2c3c(cccc3C4(C)C)-n3c4ccc(C(C)(C)C)cc4c4cc(C(C)(C)C)cc2c43)cc1. The van der Waals surface area contributed by atoms with Gasteiger partial charge < -0.3 is 13.6 Å². The van der Waals surface area contributed by atoms with E-state index in [2.05, 4.69) is 207 Å². The Morgan fingerprint density at radius 2 is 1.16 bits per heavy atom. The quantitative estimate of drug-likeness (QED) is 0.152. The van der Waals surface area contributed by atoms with Crippen molar-refractivity contribution in [1.29, 1.82) is 0 Å². The number of para-hydroxylation sites is 1. The third kappa shape index (κ3) is 4.88. The zero-order valence-electron chi connectivity index (χ0n) is 37.4. The highest BCUT2D eigenvalue weighted by molar-refractivity contribution is 6.99. The molecule has 0 atom stereocenters. The van der Waals surface area contributed by atoms with Crippen LogP contribution in [-0.4, -0.2) is 15.8 Å². The third-order valence-corrected chi connectivity index (χ3v) is 14.6. The minimum atomic E-state index is -0.263. The predicted molar refractivity (Wildman–Crippen MR) is 262 cm³/mol. The van der Waals surface area contributed by atoms with Crippen molar-refractivity contribution in [2.45, 2.75) is 97.8 Å². The van der Waals surface area contributed by atoms with E-state index >= 15 is 0 Å². The summed E-state index contributed by atoms with van der Waals surface area (Å²) in [5, 5.41) is 7.55. The largest absolute Gasteiger partial charge is 0.456 e. The summed E-state index contributed by atoms with van der Waals surface area (Å²) < 4.78 is 11.7. The monoisotopic (exact) mass is 792 g/mol. The molecule has 0 saturated heterocycles. The highest BCUT2D eigenvalue weighted by Gasteiger charge is 2.46. The number of hydrogen-bond acceptors (Lipinski definition) is 1. The van der Waals surface area contributed by atoms with Gasteiger partial charge in [0, 0.05) is 49.2 Å². The smallest absolute Gasteiger partial charge is 0.247 e. The van der Waals surface area contributed by atoms with Crippen LogP contribution in [0.1, 0.15) is 104 Å². The first-order valence-electron chi connectivity index (χ1n) is 22.2. The van der Waals surface area contributed by atoms with Crippen molar-refractivity contribution in [2.75, 3.05) is 0 Å². The molecule has 0 saturated carbocycles. The maximum absolute atomic E-state index is 6.58. The number of rotatable bonds is 1. The topological polar surface area (TPSA) is 23.0 Å². The summed E-state index contributed by atoms with van der Waals surface area (Å²) in [6.07, 6.45) is 0. The Kier molecular flexibility index (Phi) is 7.05. The van der Waals surface area contributed by atoms with Crippen molar-refractivity contribution in [3.8, 4) is 11.4 Å². The van der Waals surface area contributed by atoms with E-state index in [1.165, 1.54) is 105 Å². The summed E-state index contributed by atoms with van der Waals surface area (Å²) >= 11 is 0. The Labute approximate surface area is 359 Å². The maximum atomic E-state index is 6.58. The van der Waals surface area contributed by atoms with Crippen LogP contribution in [-0.2, 0) is 21.7 Å². The van der Waals surface area contributed by atoms with E-state index in [-0.39, 0.29) is 28.4 Å². The molecule has 10 aromatic rings. The Bertz CT molecular complexity index is 3550. The van der Waals surface area contributed by atoms with E-state index in [0.717, 1.165) is 16.6 Å². The van der Waals surface area contributed by atoms with Gasteiger partial charge in [-0.3, -0.25) is 0 Å². The number of aromatic nitrogens is 2. The van der Waals surface area contributed by atoms with Crippen LogP contribution >= 0.6 is 0 Å². The van der Waals surface area contributed by atoms with Crippen LogP contribution in [0.5, 0.6) is 0 Å². The zero-order valence-corrected chi connectivity index (χ0v) is 37.4. The lowest BCUT2D eigenvalue weighted by Gasteiger charge is -2.42. The average Bonchev–Trinajstić information content (AvgIpc) is 3.87. The fourth-order valence-corrected chi connectivity index (χ4v) is 11.3. The molecule has 12 rings (SSSR count). The Morgan fingerprint density at radius 3 is 1.90 bits per heavy atom. The molecule has 3 aromatic heterocycles.